The van der Waals surface area contributed by atoms with Gasteiger partial charge >= 0.3 is 0 Å². The molecule has 0 fully saturated rings. The lowest BCUT2D eigenvalue weighted by Crippen LogP contribution is -2.14. The maximum absolute atomic E-state index is 12.1. The summed E-state index contributed by atoms with van der Waals surface area (Å²) in [5, 5.41) is 15.2. The predicted octanol–water partition coefficient (Wildman–Crippen LogP) is 3.52. The SMILES string of the molecule is CC(C)c1ccc(-n2nnnc2SCC(=O)Nc2ccccc2)cc1. The van der Waals surface area contributed by atoms with Crippen LogP contribution in [0.2, 0.25) is 0 Å². The first-order valence-electron chi connectivity index (χ1n) is 8.00. The summed E-state index contributed by atoms with van der Waals surface area (Å²) in [5.41, 5.74) is 2.91. The number of thioether (sulfide) groups is 1. The van der Waals surface area contributed by atoms with Crippen LogP contribution in [0, 0.1) is 0 Å². The Morgan fingerprint density at radius 3 is 2.52 bits per heavy atom. The minimum absolute atomic E-state index is 0.0964. The third-order valence-electron chi connectivity index (χ3n) is 3.64. The molecular weight excluding hydrogens is 334 g/mol. The number of rotatable bonds is 6. The lowest BCUT2D eigenvalue weighted by atomic mass is 10.0. The van der Waals surface area contributed by atoms with Gasteiger partial charge in [-0.2, -0.15) is 4.68 Å². The van der Waals surface area contributed by atoms with Crippen LogP contribution in [0.15, 0.2) is 59.8 Å². The topological polar surface area (TPSA) is 72.7 Å². The first-order chi connectivity index (χ1) is 12.1. The standard InChI is InChI=1S/C18H19N5OS/c1-13(2)14-8-10-16(11-9-14)23-18(20-21-22-23)25-12-17(24)19-15-6-4-3-5-7-15/h3-11,13H,12H2,1-2H3,(H,19,24). The Morgan fingerprint density at radius 1 is 1.12 bits per heavy atom. The van der Waals surface area contributed by atoms with Gasteiger partial charge in [0.1, 0.15) is 0 Å². The van der Waals surface area contributed by atoms with Gasteiger partial charge in [-0.05, 0) is 46.2 Å². The van der Waals surface area contributed by atoms with E-state index in [4.69, 9.17) is 0 Å². The summed E-state index contributed by atoms with van der Waals surface area (Å²) in [5.74, 6) is 0.610. The molecule has 3 rings (SSSR count). The van der Waals surface area contributed by atoms with Gasteiger partial charge in [-0.3, -0.25) is 4.79 Å². The highest BCUT2D eigenvalue weighted by atomic mass is 32.2. The molecule has 0 aliphatic rings. The summed E-state index contributed by atoms with van der Waals surface area (Å²) >= 11 is 1.30. The number of hydrogen-bond donors (Lipinski definition) is 1. The van der Waals surface area contributed by atoms with Crippen LogP contribution in [-0.4, -0.2) is 31.9 Å². The molecule has 0 radical (unpaired) electrons. The van der Waals surface area contributed by atoms with Crippen molar-refractivity contribution in [2.45, 2.75) is 24.9 Å². The molecule has 1 heterocycles. The fraction of sp³-hybridized carbons (Fsp3) is 0.222. The van der Waals surface area contributed by atoms with E-state index in [2.05, 4.69) is 46.8 Å². The lowest BCUT2D eigenvalue weighted by Gasteiger charge is -2.08. The van der Waals surface area contributed by atoms with Crippen LogP contribution < -0.4 is 5.32 Å². The number of benzene rings is 2. The van der Waals surface area contributed by atoms with Crippen LogP contribution in [0.4, 0.5) is 5.69 Å². The zero-order valence-corrected chi connectivity index (χ0v) is 14.9. The van der Waals surface area contributed by atoms with Gasteiger partial charge in [0.25, 0.3) is 0 Å². The molecule has 3 aromatic rings. The van der Waals surface area contributed by atoms with E-state index in [1.807, 2.05) is 42.5 Å². The van der Waals surface area contributed by atoms with Gasteiger partial charge in [-0.25, -0.2) is 0 Å². The van der Waals surface area contributed by atoms with Gasteiger partial charge in [0.15, 0.2) is 0 Å². The van der Waals surface area contributed by atoms with Gasteiger partial charge in [0, 0.05) is 5.69 Å². The normalized spacial score (nSPS) is 10.8. The maximum Gasteiger partial charge on any atom is 0.234 e. The molecule has 6 nitrogen and oxygen atoms in total. The van der Waals surface area contributed by atoms with Crippen molar-refractivity contribution in [3.05, 3.63) is 60.2 Å². The van der Waals surface area contributed by atoms with Gasteiger partial charge in [0.2, 0.25) is 11.1 Å². The Hall–Kier alpha value is -2.67. The number of tetrazole rings is 1. The lowest BCUT2D eigenvalue weighted by molar-refractivity contribution is -0.113. The fourth-order valence-electron chi connectivity index (χ4n) is 2.28. The summed E-state index contributed by atoms with van der Waals surface area (Å²) in [7, 11) is 0. The molecule has 2 aromatic carbocycles. The summed E-state index contributed by atoms with van der Waals surface area (Å²) < 4.78 is 1.64. The Kier molecular flexibility index (Phi) is 5.45. The number of carbonyl (C=O) groups excluding carboxylic acids is 1. The molecule has 0 saturated heterocycles. The Labute approximate surface area is 150 Å². The van der Waals surface area contributed by atoms with Crippen LogP contribution >= 0.6 is 11.8 Å². The largest absolute Gasteiger partial charge is 0.325 e. The van der Waals surface area contributed by atoms with E-state index < -0.39 is 0 Å². The molecule has 25 heavy (non-hydrogen) atoms. The molecule has 1 amide bonds. The number of anilines is 1. The molecule has 7 heteroatoms. The molecule has 0 aliphatic carbocycles. The van der Waals surface area contributed by atoms with E-state index in [9.17, 15) is 4.79 Å². The molecule has 0 bridgehead atoms. The third kappa shape index (κ3) is 4.45. The van der Waals surface area contributed by atoms with Crippen molar-refractivity contribution in [3.8, 4) is 5.69 Å². The van der Waals surface area contributed by atoms with Gasteiger partial charge in [-0.1, -0.05) is 55.9 Å². The first-order valence-corrected chi connectivity index (χ1v) is 8.98. The molecule has 0 atom stereocenters. The number of hydrogen-bond acceptors (Lipinski definition) is 5. The van der Waals surface area contributed by atoms with E-state index in [1.165, 1.54) is 17.3 Å². The fourth-order valence-corrected chi connectivity index (χ4v) is 2.97. The molecular formula is C18H19N5OS. The van der Waals surface area contributed by atoms with Crippen LogP contribution in [0.3, 0.4) is 0 Å². The Bertz CT molecular complexity index is 830. The minimum Gasteiger partial charge on any atom is -0.325 e. The summed E-state index contributed by atoms with van der Waals surface area (Å²) in [6.45, 7) is 4.30. The zero-order valence-electron chi connectivity index (χ0n) is 14.1. The van der Waals surface area contributed by atoms with Crippen LogP contribution in [0.25, 0.3) is 5.69 Å². The van der Waals surface area contributed by atoms with E-state index in [0.717, 1.165) is 11.4 Å². The molecule has 0 unspecified atom stereocenters. The van der Waals surface area contributed by atoms with Crippen LogP contribution in [0.1, 0.15) is 25.3 Å². The summed E-state index contributed by atoms with van der Waals surface area (Å²) in [4.78, 5) is 12.1. The zero-order chi connectivity index (χ0) is 17.6. The number of carbonyl (C=O) groups is 1. The molecule has 0 spiro atoms. The average molecular weight is 353 g/mol. The quantitative estimate of drug-likeness (QED) is 0.687. The number of aromatic nitrogens is 4. The monoisotopic (exact) mass is 353 g/mol. The molecule has 128 valence electrons. The van der Waals surface area contributed by atoms with E-state index >= 15 is 0 Å². The van der Waals surface area contributed by atoms with Gasteiger partial charge < -0.3 is 5.32 Å². The van der Waals surface area contributed by atoms with Crippen LogP contribution in [0.5, 0.6) is 0 Å². The van der Waals surface area contributed by atoms with Crippen molar-refractivity contribution in [2.24, 2.45) is 0 Å². The second kappa shape index (κ2) is 7.94. The van der Waals surface area contributed by atoms with Crippen molar-refractivity contribution in [2.75, 3.05) is 11.1 Å². The van der Waals surface area contributed by atoms with Crippen molar-refractivity contribution in [1.29, 1.82) is 0 Å². The summed E-state index contributed by atoms with van der Waals surface area (Å²) in [6, 6.07) is 17.5. The third-order valence-corrected chi connectivity index (χ3v) is 4.55. The van der Waals surface area contributed by atoms with Crippen molar-refractivity contribution >= 4 is 23.4 Å². The van der Waals surface area contributed by atoms with Crippen molar-refractivity contribution in [3.63, 3.8) is 0 Å². The first kappa shape index (κ1) is 17.2. The smallest absolute Gasteiger partial charge is 0.234 e. The molecule has 0 aliphatic heterocycles. The van der Waals surface area contributed by atoms with E-state index in [0.29, 0.717) is 11.1 Å². The van der Waals surface area contributed by atoms with Gasteiger partial charge in [0.05, 0.1) is 11.4 Å². The second-order valence-corrected chi connectivity index (χ2v) is 6.76. The summed E-state index contributed by atoms with van der Waals surface area (Å²) in [6.07, 6.45) is 0. The van der Waals surface area contributed by atoms with E-state index in [1.54, 1.807) is 4.68 Å². The highest BCUT2D eigenvalue weighted by Gasteiger charge is 2.12. The highest BCUT2D eigenvalue weighted by Crippen LogP contribution is 2.21. The number of nitrogens with zero attached hydrogens (tertiary/aromatic N) is 4. The number of nitrogens with one attached hydrogen (secondary N) is 1. The average Bonchev–Trinajstić information content (AvgIpc) is 3.09. The molecule has 1 N–H and O–H groups in total. The predicted molar refractivity (Wildman–Crippen MR) is 99.0 cm³/mol. The second-order valence-electron chi connectivity index (χ2n) is 5.82. The molecule has 0 saturated carbocycles. The van der Waals surface area contributed by atoms with Crippen molar-refractivity contribution in [1.82, 2.24) is 20.2 Å². The highest BCUT2D eigenvalue weighted by molar-refractivity contribution is 7.99. The minimum atomic E-state index is -0.0964. The van der Waals surface area contributed by atoms with E-state index in [-0.39, 0.29) is 11.7 Å². The van der Waals surface area contributed by atoms with Gasteiger partial charge in [-0.15, -0.1) is 5.10 Å². The number of amides is 1. The molecule has 1 aromatic heterocycles. The van der Waals surface area contributed by atoms with Crippen LogP contribution in [-0.2, 0) is 4.79 Å². The Balaban J connectivity index is 1.64. The number of para-hydroxylation sites is 1. The Morgan fingerprint density at radius 2 is 1.84 bits per heavy atom. The maximum atomic E-state index is 12.1. The van der Waals surface area contributed by atoms with Crippen molar-refractivity contribution < 1.29 is 4.79 Å².